The number of likely N-dealkylation sites (tertiary alicyclic amines) is 1. The van der Waals surface area contributed by atoms with E-state index < -0.39 is 0 Å². The molecule has 15 heavy (non-hydrogen) atoms. The monoisotopic (exact) mass is 204 g/mol. The fourth-order valence-electron chi connectivity index (χ4n) is 1.78. The molecule has 0 aromatic carbocycles. The quantitative estimate of drug-likeness (QED) is 0.540. The molecule has 1 saturated heterocycles. The number of amidine groups is 1. The lowest BCUT2D eigenvalue weighted by Gasteiger charge is -2.16. The molecule has 2 rings (SSSR count). The SMILES string of the molecule is C/N=C(\C=C/n1cccn1)N1CCCC1. The second-order valence-corrected chi connectivity index (χ2v) is 3.58. The van der Waals surface area contributed by atoms with Crippen LogP contribution in [-0.4, -0.2) is 40.7 Å². The van der Waals surface area contributed by atoms with E-state index in [0.717, 1.165) is 18.9 Å². The first kappa shape index (κ1) is 9.96. The molecule has 4 nitrogen and oxygen atoms in total. The number of hydrogen-bond donors (Lipinski definition) is 0. The van der Waals surface area contributed by atoms with Gasteiger partial charge in [0.2, 0.25) is 0 Å². The van der Waals surface area contributed by atoms with Gasteiger partial charge in [0.15, 0.2) is 0 Å². The standard InChI is InChI=1S/C11H16N4/c1-12-11(14-7-2-3-8-14)5-10-15-9-4-6-13-15/h4-6,9-10H,2-3,7-8H2,1H3/b10-5-,12-11+. The summed E-state index contributed by atoms with van der Waals surface area (Å²) < 4.78 is 1.78. The molecule has 1 aromatic heterocycles. The third kappa shape index (κ3) is 2.46. The van der Waals surface area contributed by atoms with Gasteiger partial charge >= 0.3 is 0 Å². The summed E-state index contributed by atoms with van der Waals surface area (Å²) in [5, 5.41) is 4.11. The van der Waals surface area contributed by atoms with Gasteiger partial charge in [-0.1, -0.05) is 0 Å². The third-order valence-corrected chi connectivity index (χ3v) is 2.56. The van der Waals surface area contributed by atoms with Gasteiger partial charge < -0.3 is 4.90 Å². The van der Waals surface area contributed by atoms with Crippen LogP contribution in [-0.2, 0) is 0 Å². The first-order valence-corrected chi connectivity index (χ1v) is 5.29. The van der Waals surface area contributed by atoms with Crippen molar-refractivity contribution in [2.24, 2.45) is 4.99 Å². The van der Waals surface area contributed by atoms with Gasteiger partial charge in [0.25, 0.3) is 0 Å². The second-order valence-electron chi connectivity index (χ2n) is 3.58. The Kier molecular flexibility index (Phi) is 3.17. The van der Waals surface area contributed by atoms with E-state index in [9.17, 15) is 0 Å². The average Bonchev–Trinajstić information content (AvgIpc) is 2.90. The minimum atomic E-state index is 1.04. The zero-order chi connectivity index (χ0) is 10.5. The van der Waals surface area contributed by atoms with Crippen LogP contribution < -0.4 is 0 Å². The maximum Gasteiger partial charge on any atom is 0.124 e. The molecule has 0 spiro atoms. The predicted octanol–water partition coefficient (Wildman–Crippen LogP) is 1.48. The average molecular weight is 204 g/mol. The van der Waals surface area contributed by atoms with Crippen LogP contribution in [0.25, 0.3) is 6.20 Å². The number of aromatic nitrogens is 2. The molecule has 1 fully saturated rings. The minimum absolute atomic E-state index is 1.04. The third-order valence-electron chi connectivity index (χ3n) is 2.56. The molecule has 0 radical (unpaired) electrons. The van der Waals surface area contributed by atoms with Crippen LogP contribution in [0.4, 0.5) is 0 Å². The van der Waals surface area contributed by atoms with E-state index in [1.807, 2.05) is 31.6 Å². The highest BCUT2D eigenvalue weighted by atomic mass is 15.2. The highest BCUT2D eigenvalue weighted by molar-refractivity contribution is 5.95. The molecule has 0 atom stereocenters. The van der Waals surface area contributed by atoms with Crippen molar-refractivity contribution in [2.75, 3.05) is 20.1 Å². The van der Waals surface area contributed by atoms with Gasteiger partial charge in [-0.25, -0.2) is 4.68 Å². The first-order valence-electron chi connectivity index (χ1n) is 5.29. The van der Waals surface area contributed by atoms with Gasteiger partial charge in [0, 0.05) is 38.7 Å². The molecule has 80 valence electrons. The van der Waals surface area contributed by atoms with Crippen molar-refractivity contribution in [1.82, 2.24) is 14.7 Å². The molecule has 1 aromatic rings. The molecule has 0 aliphatic carbocycles. The lowest BCUT2D eigenvalue weighted by Crippen LogP contribution is -2.25. The summed E-state index contributed by atoms with van der Waals surface area (Å²) in [7, 11) is 1.83. The predicted molar refractivity (Wildman–Crippen MR) is 61.7 cm³/mol. The van der Waals surface area contributed by atoms with E-state index >= 15 is 0 Å². The van der Waals surface area contributed by atoms with Gasteiger partial charge in [-0.05, 0) is 25.0 Å². The van der Waals surface area contributed by atoms with Gasteiger partial charge in [-0.3, -0.25) is 4.99 Å². The molecule has 0 bridgehead atoms. The highest BCUT2D eigenvalue weighted by Gasteiger charge is 2.13. The summed E-state index contributed by atoms with van der Waals surface area (Å²) in [6.07, 6.45) is 10.2. The maximum atomic E-state index is 4.28. The summed E-state index contributed by atoms with van der Waals surface area (Å²) in [5.74, 6) is 1.04. The minimum Gasteiger partial charge on any atom is -0.357 e. The van der Waals surface area contributed by atoms with Gasteiger partial charge in [-0.15, -0.1) is 0 Å². The van der Waals surface area contributed by atoms with Crippen molar-refractivity contribution < 1.29 is 0 Å². The van der Waals surface area contributed by atoms with E-state index in [-0.39, 0.29) is 0 Å². The molecule has 1 aliphatic heterocycles. The summed E-state index contributed by atoms with van der Waals surface area (Å²) >= 11 is 0. The number of aliphatic imine (C=N–C) groups is 1. The summed E-state index contributed by atoms with van der Waals surface area (Å²) in [5.41, 5.74) is 0. The molecule has 0 amide bonds. The van der Waals surface area contributed by atoms with Crippen LogP contribution in [0.15, 0.2) is 29.5 Å². The molecular weight excluding hydrogens is 188 g/mol. The zero-order valence-electron chi connectivity index (χ0n) is 9.00. The molecule has 0 N–H and O–H groups in total. The Labute approximate surface area is 89.9 Å². The van der Waals surface area contributed by atoms with Crippen molar-refractivity contribution in [3.8, 4) is 0 Å². The Morgan fingerprint density at radius 3 is 2.80 bits per heavy atom. The molecule has 0 unspecified atom stereocenters. The lowest BCUT2D eigenvalue weighted by atomic mass is 10.4. The largest absolute Gasteiger partial charge is 0.357 e. The Bertz CT molecular complexity index is 345. The Morgan fingerprint density at radius 2 is 2.20 bits per heavy atom. The van der Waals surface area contributed by atoms with E-state index in [1.165, 1.54) is 12.8 Å². The molecule has 4 heteroatoms. The summed E-state index contributed by atoms with van der Waals surface area (Å²) in [4.78, 5) is 6.59. The summed E-state index contributed by atoms with van der Waals surface area (Å²) in [6.45, 7) is 2.24. The van der Waals surface area contributed by atoms with Crippen molar-refractivity contribution in [1.29, 1.82) is 0 Å². The van der Waals surface area contributed by atoms with Crippen molar-refractivity contribution in [3.05, 3.63) is 24.5 Å². The highest BCUT2D eigenvalue weighted by Crippen LogP contribution is 2.08. The maximum absolute atomic E-state index is 4.28. The Hall–Kier alpha value is -1.58. The molecular formula is C11H16N4. The van der Waals surface area contributed by atoms with Crippen molar-refractivity contribution in [2.45, 2.75) is 12.8 Å². The molecule has 1 aliphatic rings. The Morgan fingerprint density at radius 1 is 1.40 bits per heavy atom. The number of hydrogen-bond acceptors (Lipinski definition) is 2. The summed E-state index contributed by atoms with van der Waals surface area (Å²) in [6, 6.07) is 1.91. The van der Waals surface area contributed by atoms with E-state index in [0.29, 0.717) is 0 Å². The fourth-order valence-corrected chi connectivity index (χ4v) is 1.78. The van der Waals surface area contributed by atoms with Crippen LogP contribution >= 0.6 is 0 Å². The van der Waals surface area contributed by atoms with Crippen molar-refractivity contribution in [3.63, 3.8) is 0 Å². The van der Waals surface area contributed by atoms with Gasteiger partial charge in [0.1, 0.15) is 5.84 Å². The van der Waals surface area contributed by atoms with E-state index in [2.05, 4.69) is 15.0 Å². The van der Waals surface area contributed by atoms with E-state index in [4.69, 9.17) is 0 Å². The zero-order valence-corrected chi connectivity index (χ0v) is 9.00. The lowest BCUT2D eigenvalue weighted by molar-refractivity contribution is 0.522. The van der Waals surface area contributed by atoms with Crippen LogP contribution in [0, 0.1) is 0 Å². The smallest absolute Gasteiger partial charge is 0.124 e. The van der Waals surface area contributed by atoms with E-state index in [1.54, 1.807) is 10.9 Å². The normalized spacial score (nSPS) is 17.9. The second kappa shape index (κ2) is 4.77. The molecule has 0 saturated carbocycles. The first-order chi connectivity index (χ1) is 7.40. The molecule has 2 heterocycles. The van der Waals surface area contributed by atoms with Gasteiger partial charge in [0.05, 0.1) is 0 Å². The van der Waals surface area contributed by atoms with Crippen LogP contribution in [0.1, 0.15) is 12.8 Å². The Balaban J connectivity index is 2.02. The fraction of sp³-hybridized carbons (Fsp3) is 0.455. The van der Waals surface area contributed by atoms with Crippen LogP contribution in [0.3, 0.4) is 0 Å². The van der Waals surface area contributed by atoms with Gasteiger partial charge in [-0.2, -0.15) is 5.10 Å². The number of nitrogens with zero attached hydrogens (tertiary/aromatic N) is 4. The number of rotatable bonds is 2. The topological polar surface area (TPSA) is 33.4 Å². The van der Waals surface area contributed by atoms with Crippen molar-refractivity contribution >= 4 is 12.0 Å². The van der Waals surface area contributed by atoms with Crippen LogP contribution in [0.2, 0.25) is 0 Å². The van der Waals surface area contributed by atoms with Crippen LogP contribution in [0.5, 0.6) is 0 Å².